The molecule has 5 nitrogen and oxygen atoms in total. The van der Waals surface area contributed by atoms with Crippen LogP contribution >= 0.6 is 12.2 Å². The lowest BCUT2D eigenvalue weighted by atomic mass is 9.99. The SMILES string of the molecule is CC1N=C(c2ccccc2F)c2cc([N+](=O)[O-])ccc2NC1=S. The Labute approximate surface area is 137 Å². The van der Waals surface area contributed by atoms with Gasteiger partial charge in [0.1, 0.15) is 10.8 Å². The van der Waals surface area contributed by atoms with Crippen molar-refractivity contribution in [2.75, 3.05) is 5.32 Å². The predicted octanol–water partition coefficient (Wildman–Crippen LogP) is 3.71. The number of fused-ring (bicyclic) bond motifs is 1. The number of nitrogens with one attached hydrogen (secondary N) is 1. The van der Waals surface area contributed by atoms with Gasteiger partial charge >= 0.3 is 0 Å². The van der Waals surface area contributed by atoms with Crippen molar-refractivity contribution in [3.8, 4) is 0 Å². The second kappa shape index (κ2) is 5.85. The van der Waals surface area contributed by atoms with E-state index in [0.29, 0.717) is 22.0 Å². The van der Waals surface area contributed by atoms with Gasteiger partial charge in [0.05, 0.1) is 16.7 Å². The fraction of sp³-hybridized carbons (Fsp3) is 0.125. The summed E-state index contributed by atoms with van der Waals surface area (Å²) in [5.41, 5.74) is 1.58. The Bertz CT molecular complexity index is 851. The minimum atomic E-state index is -0.494. The number of benzodiazepines with no additional fused rings is 1. The Morgan fingerprint density at radius 3 is 2.70 bits per heavy atom. The smallest absolute Gasteiger partial charge is 0.270 e. The van der Waals surface area contributed by atoms with Gasteiger partial charge in [0.15, 0.2) is 0 Å². The first kappa shape index (κ1) is 15.2. The van der Waals surface area contributed by atoms with Gasteiger partial charge in [0, 0.05) is 28.9 Å². The van der Waals surface area contributed by atoms with Gasteiger partial charge in [-0.25, -0.2) is 4.39 Å². The van der Waals surface area contributed by atoms with Crippen LogP contribution in [0.25, 0.3) is 0 Å². The average molecular weight is 329 g/mol. The molecule has 0 radical (unpaired) electrons. The van der Waals surface area contributed by atoms with Gasteiger partial charge in [-0.1, -0.05) is 24.4 Å². The molecule has 0 spiro atoms. The fourth-order valence-electron chi connectivity index (χ4n) is 2.38. The topological polar surface area (TPSA) is 67.5 Å². The molecule has 0 saturated heterocycles. The van der Waals surface area contributed by atoms with Gasteiger partial charge in [0.25, 0.3) is 5.69 Å². The van der Waals surface area contributed by atoms with Crippen LogP contribution in [-0.4, -0.2) is 21.7 Å². The summed E-state index contributed by atoms with van der Waals surface area (Å²) in [5, 5.41) is 14.1. The lowest BCUT2D eigenvalue weighted by molar-refractivity contribution is -0.384. The monoisotopic (exact) mass is 329 g/mol. The molecule has 2 aromatic carbocycles. The summed E-state index contributed by atoms with van der Waals surface area (Å²) in [6.45, 7) is 1.79. The summed E-state index contributed by atoms with van der Waals surface area (Å²) in [5.74, 6) is -0.441. The van der Waals surface area contributed by atoms with Crippen molar-refractivity contribution in [2.45, 2.75) is 13.0 Å². The van der Waals surface area contributed by atoms with Crippen LogP contribution in [0.5, 0.6) is 0 Å². The minimum Gasteiger partial charge on any atom is -0.348 e. The standard InChI is InChI=1S/C16H12FN3O2S/c1-9-16(23)19-14-7-6-10(20(21)22)8-12(14)15(18-9)11-4-2-3-5-13(11)17/h2-9H,1H3,(H,19,23). The lowest BCUT2D eigenvalue weighted by Gasteiger charge is -2.10. The van der Waals surface area contributed by atoms with Crippen LogP contribution in [0, 0.1) is 15.9 Å². The van der Waals surface area contributed by atoms with Crippen molar-refractivity contribution in [1.29, 1.82) is 0 Å². The number of rotatable bonds is 2. The van der Waals surface area contributed by atoms with Gasteiger partial charge in [-0.15, -0.1) is 0 Å². The van der Waals surface area contributed by atoms with Gasteiger partial charge in [-0.2, -0.15) is 0 Å². The van der Waals surface area contributed by atoms with Crippen LogP contribution in [0.2, 0.25) is 0 Å². The number of anilines is 1. The second-order valence-electron chi connectivity index (χ2n) is 5.11. The van der Waals surface area contributed by atoms with E-state index in [-0.39, 0.29) is 17.3 Å². The molecule has 2 aromatic rings. The van der Waals surface area contributed by atoms with Gasteiger partial charge in [-0.3, -0.25) is 15.1 Å². The van der Waals surface area contributed by atoms with E-state index in [1.807, 2.05) is 0 Å². The molecule has 1 aliphatic heterocycles. The molecule has 23 heavy (non-hydrogen) atoms. The highest BCUT2D eigenvalue weighted by atomic mass is 32.1. The molecule has 0 amide bonds. The molecule has 0 fully saturated rings. The highest BCUT2D eigenvalue weighted by Gasteiger charge is 2.24. The van der Waals surface area contributed by atoms with Crippen LogP contribution in [0.4, 0.5) is 15.8 Å². The van der Waals surface area contributed by atoms with E-state index in [4.69, 9.17) is 12.2 Å². The van der Waals surface area contributed by atoms with E-state index < -0.39 is 10.7 Å². The molecule has 1 aliphatic rings. The maximum absolute atomic E-state index is 14.2. The molecule has 0 saturated carbocycles. The van der Waals surface area contributed by atoms with E-state index >= 15 is 0 Å². The van der Waals surface area contributed by atoms with E-state index in [2.05, 4.69) is 10.3 Å². The summed E-state index contributed by atoms with van der Waals surface area (Å²) in [4.78, 5) is 15.5. The molecule has 1 heterocycles. The van der Waals surface area contributed by atoms with Crippen LogP contribution in [-0.2, 0) is 0 Å². The molecule has 0 bridgehead atoms. The number of hydrogen-bond acceptors (Lipinski definition) is 4. The molecule has 116 valence electrons. The first-order valence-electron chi connectivity index (χ1n) is 6.90. The molecular formula is C16H12FN3O2S. The van der Waals surface area contributed by atoms with Crippen molar-refractivity contribution >= 4 is 34.3 Å². The van der Waals surface area contributed by atoms with Crippen LogP contribution in [0.1, 0.15) is 18.1 Å². The molecular weight excluding hydrogens is 317 g/mol. The summed E-state index contributed by atoms with van der Waals surface area (Å²) in [6.07, 6.45) is 0. The molecule has 1 N–H and O–H groups in total. The first-order chi connectivity index (χ1) is 11.0. The highest BCUT2D eigenvalue weighted by molar-refractivity contribution is 7.80. The Kier molecular flexibility index (Phi) is 3.87. The number of hydrogen-bond donors (Lipinski definition) is 1. The minimum absolute atomic E-state index is 0.0879. The van der Waals surface area contributed by atoms with Crippen LogP contribution in [0.15, 0.2) is 47.5 Å². The third-order valence-electron chi connectivity index (χ3n) is 3.56. The lowest BCUT2D eigenvalue weighted by Crippen LogP contribution is -2.20. The maximum atomic E-state index is 14.2. The first-order valence-corrected chi connectivity index (χ1v) is 7.30. The number of nitro benzene ring substituents is 1. The fourth-order valence-corrected chi connectivity index (χ4v) is 2.54. The molecule has 1 unspecified atom stereocenters. The Morgan fingerprint density at radius 2 is 2.00 bits per heavy atom. The van der Waals surface area contributed by atoms with Crippen molar-refractivity contribution in [1.82, 2.24) is 0 Å². The normalized spacial score (nSPS) is 16.9. The number of benzene rings is 2. The Morgan fingerprint density at radius 1 is 1.26 bits per heavy atom. The van der Waals surface area contributed by atoms with Crippen molar-refractivity contribution < 1.29 is 9.31 Å². The average Bonchev–Trinajstić information content (AvgIpc) is 2.64. The third-order valence-corrected chi connectivity index (χ3v) is 4.00. The third kappa shape index (κ3) is 2.83. The Balaban J connectivity index is 2.27. The van der Waals surface area contributed by atoms with Gasteiger partial charge < -0.3 is 5.32 Å². The van der Waals surface area contributed by atoms with E-state index in [1.54, 1.807) is 31.2 Å². The number of halogens is 1. The zero-order chi connectivity index (χ0) is 16.6. The van der Waals surface area contributed by atoms with Gasteiger partial charge in [0.2, 0.25) is 0 Å². The summed E-state index contributed by atoms with van der Waals surface area (Å²) >= 11 is 5.27. The molecule has 0 aromatic heterocycles. The highest BCUT2D eigenvalue weighted by Crippen LogP contribution is 2.29. The number of nitro groups is 1. The number of nitrogens with zero attached hydrogens (tertiary/aromatic N) is 2. The van der Waals surface area contributed by atoms with Gasteiger partial charge in [-0.05, 0) is 25.1 Å². The van der Waals surface area contributed by atoms with Crippen molar-refractivity contribution in [2.24, 2.45) is 4.99 Å². The number of thiocarbonyl (C=S) groups is 1. The summed E-state index contributed by atoms with van der Waals surface area (Å²) < 4.78 is 14.2. The quantitative estimate of drug-likeness (QED) is 0.518. The molecule has 3 rings (SSSR count). The Hall–Kier alpha value is -2.67. The van der Waals surface area contributed by atoms with E-state index in [1.165, 1.54) is 18.2 Å². The number of aliphatic imine (C=N–C) groups is 1. The van der Waals surface area contributed by atoms with Crippen molar-refractivity contribution in [3.63, 3.8) is 0 Å². The van der Waals surface area contributed by atoms with Crippen molar-refractivity contribution in [3.05, 3.63) is 69.5 Å². The molecule has 1 atom stereocenters. The van der Waals surface area contributed by atoms with E-state index in [0.717, 1.165) is 0 Å². The molecule has 0 aliphatic carbocycles. The van der Waals surface area contributed by atoms with Crippen LogP contribution in [0.3, 0.4) is 0 Å². The largest absolute Gasteiger partial charge is 0.348 e. The summed E-state index contributed by atoms with van der Waals surface area (Å²) in [6, 6.07) is 10.2. The van der Waals surface area contributed by atoms with Crippen LogP contribution < -0.4 is 5.32 Å². The molecule has 7 heteroatoms. The van der Waals surface area contributed by atoms with E-state index in [9.17, 15) is 14.5 Å². The number of non-ortho nitro benzene ring substituents is 1. The maximum Gasteiger partial charge on any atom is 0.270 e. The second-order valence-corrected chi connectivity index (χ2v) is 5.55. The zero-order valence-corrected chi connectivity index (χ0v) is 12.9. The predicted molar refractivity (Wildman–Crippen MR) is 90.8 cm³/mol. The zero-order valence-electron chi connectivity index (χ0n) is 12.1. The summed E-state index contributed by atoms with van der Waals surface area (Å²) in [7, 11) is 0.